The van der Waals surface area contributed by atoms with Crippen molar-refractivity contribution in [3.63, 3.8) is 0 Å². The molecule has 3 N–H and O–H groups in total. The fraction of sp³-hybridized carbons (Fsp3) is 0.462. The molecule has 0 aliphatic carbocycles. The second-order valence-corrected chi connectivity index (χ2v) is 5.61. The Kier molecular flexibility index (Phi) is 5.04. The molecule has 0 amide bonds. The van der Waals surface area contributed by atoms with Crippen molar-refractivity contribution in [3.05, 3.63) is 23.8 Å². The van der Waals surface area contributed by atoms with Gasteiger partial charge in [-0.1, -0.05) is 18.3 Å². The summed E-state index contributed by atoms with van der Waals surface area (Å²) in [5, 5.41) is 9.49. The van der Waals surface area contributed by atoms with Crippen LogP contribution in [0.3, 0.4) is 0 Å². The Hall–Kier alpha value is -0.820. The SMILES string of the molecule is CSc1cccc(N2CCOCC2CO)c1C(N)=S. The van der Waals surface area contributed by atoms with E-state index in [1.165, 1.54) is 0 Å². The highest BCUT2D eigenvalue weighted by atomic mass is 32.2. The minimum atomic E-state index is -0.0426. The van der Waals surface area contributed by atoms with Crippen LogP contribution in [0.15, 0.2) is 23.1 Å². The summed E-state index contributed by atoms with van der Waals surface area (Å²) in [6, 6.07) is 5.96. The first-order chi connectivity index (χ1) is 9.19. The van der Waals surface area contributed by atoms with Crippen molar-refractivity contribution >= 4 is 34.7 Å². The van der Waals surface area contributed by atoms with E-state index >= 15 is 0 Å². The number of thiocarbonyl (C=S) groups is 1. The van der Waals surface area contributed by atoms with Gasteiger partial charge in [-0.2, -0.15) is 0 Å². The van der Waals surface area contributed by atoms with E-state index in [1.54, 1.807) is 11.8 Å². The van der Waals surface area contributed by atoms with Crippen molar-refractivity contribution in [2.75, 3.05) is 37.5 Å². The van der Waals surface area contributed by atoms with E-state index in [9.17, 15) is 5.11 Å². The molecule has 0 saturated carbocycles. The highest BCUT2D eigenvalue weighted by molar-refractivity contribution is 7.98. The molecule has 1 aromatic carbocycles. The molecule has 1 fully saturated rings. The van der Waals surface area contributed by atoms with Crippen LogP contribution in [0.2, 0.25) is 0 Å². The highest BCUT2D eigenvalue weighted by Crippen LogP contribution is 2.31. The molecule has 104 valence electrons. The lowest BCUT2D eigenvalue weighted by atomic mass is 10.1. The normalized spacial score (nSPS) is 19.5. The highest BCUT2D eigenvalue weighted by Gasteiger charge is 2.25. The number of hydrogen-bond donors (Lipinski definition) is 2. The molecular weight excluding hydrogens is 280 g/mol. The molecule has 1 unspecified atom stereocenters. The van der Waals surface area contributed by atoms with Crippen LogP contribution in [-0.4, -0.2) is 48.8 Å². The topological polar surface area (TPSA) is 58.7 Å². The molecule has 1 saturated heterocycles. The number of morpholine rings is 1. The van der Waals surface area contributed by atoms with E-state index < -0.39 is 0 Å². The van der Waals surface area contributed by atoms with Gasteiger partial charge in [-0.25, -0.2) is 0 Å². The zero-order chi connectivity index (χ0) is 13.8. The van der Waals surface area contributed by atoms with Crippen molar-refractivity contribution in [1.82, 2.24) is 0 Å². The van der Waals surface area contributed by atoms with Crippen molar-refractivity contribution in [3.8, 4) is 0 Å². The van der Waals surface area contributed by atoms with E-state index in [2.05, 4.69) is 4.90 Å². The molecule has 19 heavy (non-hydrogen) atoms. The number of thioether (sulfide) groups is 1. The van der Waals surface area contributed by atoms with E-state index in [-0.39, 0.29) is 12.6 Å². The van der Waals surface area contributed by atoms with Crippen molar-refractivity contribution in [1.29, 1.82) is 0 Å². The predicted octanol–water partition coefficient (Wildman–Crippen LogP) is 1.24. The molecule has 0 bridgehead atoms. The maximum atomic E-state index is 9.49. The smallest absolute Gasteiger partial charge is 0.107 e. The Morgan fingerprint density at radius 3 is 3.05 bits per heavy atom. The summed E-state index contributed by atoms with van der Waals surface area (Å²) >= 11 is 6.81. The van der Waals surface area contributed by atoms with Crippen LogP contribution in [0.1, 0.15) is 5.56 Å². The fourth-order valence-electron chi connectivity index (χ4n) is 2.30. The Bertz CT molecular complexity index is 468. The van der Waals surface area contributed by atoms with E-state index in [0.29, 0.717) is 18.2 Å². The van der Waals surface area contributed by atoms with Gasteiger partial charge in [-0.15, -0.1) is 11.8 Å². The van der Waals surface area contributed by atoms with E-state index in [0.717, 1.165) is 22.7 Å². The van der Waals surface area contributed by atoms with Gasteiger partial charge >= 0.3 is 0 Å². The molecule has 0 radical (unpaired) electrons. The first kappa shape index (κ1) is 14.6. The standard InChI is InChI=1S/C13H18N2O2S2/c1-19-11-4-2-3-10(12(11)13(14)18)15-5-6-17-8-9(15)7-16/h2-4,9,16H,5-8H2,1H3,(H2,14,18). The molecule has 2 rings (SSSR count). The first-order valence-electron chi connectivity index (χ1n) is 6.11. The number of aliphatic hydroxyl groups is 1. The lowest BCUT2D eigenvalue weighted by molar-refractivity contribution is 0.0727. The van der Waals surface area contributed by atoms with Crippen LogP contribution in [-0.2, 0) is 4.74 Å². The van der Waals surface area contributed by atoms with Crippen molar-refractivity contribution < 1.29 is 9.84 Å². The average molecular weight is 298 g/mol. The van der Waals surface area contributed by atoms with Gasteiger partial charge in [-0.3, -0.25) is 0 Å². The van der Waals surface area contributed by atoms with Gasteiger partial charge in [0.1, 0.15) is 4.99 Å². The maximum Gasteiger partial charge on any atom is 0.107 e. The third kappa shape index (κ3) is 3.02. The zero-order valence-electron chi connectivity index (χ0n) is 10.8. The number of anilines is 1. The van der Waals surface area contributed by atoms with Crippen LogP contribution >= 0.6 is 24.0 Å². The van der Waals surface area contributed by atoms with Gasteiger partial charge in [0.05, 0.1) is 25.9 Å². The molecule has 4 nitrogen and oxygen atoms in total. The molecule has 6 heteroatoms. The number of benzene rings is 1. The second kappa shape index (κ2) is 6.56. The molecule has 0 aromatic heterocycles. The number of rotatable bonds is 4. The predicted molar refractivity (Wildman–Crippen MR) is 83.1 cm³/mol. The lowest BCUT2D eigenvalue weighted by Crippen LogP contribution is -2.48. The van der Waals surface area contributed by atoms with E-state index in [1.807, 2.05) is 24.5 Å². The summed E-state index contributed by atoms with van der Waals surface area (Å²) in [7, 11) is 0. The number of nitrogens with two attached hydrogens (primary N) is 1. The summed E-state index contributed by atoms with van der Waals surface area (Å²) in [6.07, 6.45) is 2.00. The Balaban J connectivity index is 2.45. The van der Waals surface area contributed by atoms with Gasteiger partial charge < -0.3 is 20.5 Å². The van der Waals surface area contributed by atoms with Crippen LogP contribution in [0.25, 0.3) is 0 Å². The third-order valence-electron chi connectivity index (χ3n) is 3.22. The molecule has 1 heterocycles. The Morgan fingerprint density at radius 1 is 1.63 bits per heavy atom. The van der Waals surface area contributed by atoms with Gasteiger partial charge in [0.2, 0.25) is 0 Å². The summed E-state index contributed by atoms with van der Waals surface area (Å²) in [5.74, 6) is 0. The number of ether oxygens (including phenoxy) is 1. The monoisotopic (exact) mass is 298 g/mol. The summed E-state index contributed by atoms with van der Waals surface area (Å²) < 4.78 is 5.41. The van der Waals surface area contributed by atoms with E-state index in [4.69, 9.17) is 22.7 Å². The second-order valence-electron chi connectivity index (χ2n) is 4.32. The zero-order valence-corrected chi connectivity index (χ0v) is 12.5. The Morgan fingerprint density at radius 2 is 2.42 bits per heavy atom. The largest absolute Gasteiger partial charge is 0.394 e. The molecule has 1 aliphatic heterocycles. The van der Waals surface area contributed by atoms with Crippen LogP contribution < -0.4 is 10.6 Å². The minimum absolute atomic E-state index is 0.0426. The quantitative estimate of drug-likeness (QED) is 0.644. The van der Waals surface area contributed by atoms with Crippen LogP contribution in [0.5, 0.6) is 0 Å². The summed E-state index contributed by atoms with van der Waals surface area (Å²) in [5.41, 5.74) is 7.76. The lowest BCUT2D eigenvalue weighted by Gasteiger charge is -2.37. The van der Waals surface area contributed by atoms with Gasteiger partial charge in [-0.05, 0) is 18.4 Å². The van der Waals surface area contributed by atoms with Crippen molar-refractivity contribution in [2.24, 2.45) is 5.73 Å². The molecule has 0 spiro atoms. The van der Waals surface area contributed by atoms with Gasteiger partial charge in [0.25, 0.3) is 0 Å². The van der Waals surface area contributed by atoms with Crippen LogP contribution in [0, 0.1) is 0 Å². The maximum absolute atomic E-state index is 9.49. The first-order valence-corrected chi connectivity index (χ1v) is 7.74. The fourth-order valence-corrected chi connectivity index (χ4v) is 3.21. The molecular formula is C13H18N2O2S2. The Labute approximate surface area is 122 Å². The van der Waals surface area contributed by atoms with Gasteiger partial charge in [0.15, 0.2) is 0 Å². The number of nitrogens with zero attached hydrogens (tertiary/aromatic N) is 1. The third-order valence-corrected chi connectivity index (χ3v) is 4.20. The van der Waals surface area contributed by atoms with Crippen molar-refractivity contribution in [2.45, 2.75) is 10.9 Å². The minimum Gasteiger partial charge on any atom is -0.394 e. The number of hydrogen-bond acceptors (Lipinski definition) is 5. The number of aliphatic hydroxyl groups excluding tert-OH is 1. The van der Waals surface area contributed by atoms with Crippen LogP contribution in [0.4, 0.5) is 5.69 Å². The summed E-state index contributed by atoms with van der Waals surface area (Å²) in [4.78, 5) is 3.59. The van der Waals surface area contributed by atoms with Gasteiger partial charge in [0, 0.05) is 22.7 Å². The molecule has 1 atom stereocenters. The average Bonchev–Trinajstić information content (AvgIpc) is 2.46. The summed E-state index contributed by atoms with van der Waals surface area (Å²) in [6.45, 7) is 1.96. The molecule has 1 aromatic rings. The molecule has 1 aliphatic rings.